The van der Waals surface area contributed by atoms with Crippen LogP contribution in [0.15, 0.2) is 0 Å². The molecule has 1 unspecified atom stereocenters. The molecule has 1 aliphatic carbocycles. The third kappa shape index (κ3) is 49.6. The first-order valence-corrected chi connectivity index (χ1v) is 35.5. The molecule has 0 aromatic heterocycles. The van der Waals surface area contributed by atoms with Gasteiger partial charge in [-0.2, -0.15) is 0 Å². The Balaban J connectivity index is 2.68. The molecular formula is C69H121N3O23. The first kappa shape index (κ1) is 87.5. The molecule has 1 atom stereocenters. The molecular weight excluding hydrogens is 1240 g/mol. The molecule has 5 N–H and O–H groups in total. The van der Waals surface area contributed by atoms with Gasteiger partial charge in [0.15, 0.2) is 5.41 Å². The molecule has 0 aromatic rings. The summed E-state index contributed by atoms with van der Waals surface area (Å²) in [4.78, 5) is 127. The van der Waals surface area contributed by atoms with Crippen molar-refractivity contribution in [1.82, 2.24) is 14.7 Å². The molecule has 0 saturated heterocycles. The molecule has 1 rings (SSSR count). The minimum Gasteiger partial charge on any atom is -0.480 e. The minimum absolute atomic E-state index is 0.0259. The standard InChI is InChI=1S/C69H121N3O23/c1-4-6-8-10-12-14-16-18-20-22-24-26-28-30-64(82)94-54-69(53-93-56(3)73,55-95-65(83)31-29-27-25-23-21-19-17-15-13-11-9-7-5-2)68(87)92-52-58-34-32-57(33-35-58)51-90-43-42-88-40-41-89-44-45-91-66(84)46-59(67(85)86)72(38-36-70(47-60(74)75)48-61(76)77)39-37-71(49-62(78)79)50-63(80)81/h57-59H,4-55H2,1-3H3,(H,74,75)(H,76,77)(H,78,79)(H,80,81)(H,85,86). The Labute approximate surface area is 564 Å². The van der Waals surface area contributed by atoms with Crippen LogP contribution in [0, 0.1) is 17.3 Å². The molecule has 0 aromatic carbocycles. The number of aliphatic carboxylic acids is 5. The van der Waals surface area contributed by atoms with E-state index in [0.29, 0.717) is 26.1 Å². The van der Waals surface area contributed by atoms with Crippen LogP contribution in [0.4, 0.5) is 0 Å². The predicted octanol–water partition coefficient (Wildman–Crippen LogP) is 9.62. The summed E-state index contributed by atoms with van der Waals surface area (Å²) < 4.78 is 45.0. The Morgan fingerprint density at radius 3 is 1.08 bits per heavy atom. The lowest BCUT2D eigenvalue weighted by Crippen LogP contribution is -2.50. The highest BCUT2D eigenvalue weighted by Crippen LogP contribution is 2.31. The number of carbonyl (C=O) groups excluding carboxylic acids is 5. The first-order valence-electron chi connectivity index (χ1n) is 35.5. The Hall–Kier alpha value is -5.54. The van der Waals surface area contributed by atoms with Crippen LogP contribution in [-0.2, 0) is 85.8 Å². The molecule has 95 heavy (non-hydrogen) atoms. The number of unbranched alkanes of at least 4 members (excludes halogenated alkanes) is 24. The maximum absolute atomic E-state index is 14.2. The third-order valence-corrected chi connectivity index (χ3v) is 16.9. The average molecular weight is 1360 g/mol. The van der Waals surface area contributed by atoms with Gasteiger partial charge in [-0.1, -0.05) is 168 Å². The smallest absolute Gasteiger partial charge is 0.322 e. The number of hydrogen-bond donors (Lipinski definition) is 5. The van der Waals surface area contributed by atoms with Gasteiger partial charge >= 0.3 is 59.7 Å². The van der Waals surface area contributed by atoms with Crippen LogP contribution in [-0.4, -0.2) is 231 Å². The highest BCUT2D eigenvalue weighted by molar-refractivity contribution is 5.82. The molecule has 26 heteroatoms. The highest BCUT2D eigenvalue weighted by atomic mass is 16.6. The van der Waals surface area contributed by atoms with E-state index < -0.39 is 124 Å². The lowest BCUT2D eigenvalue weighted by molar-refractivity contribution is -0.180. The molecule has 550 valence electrons. The molecule has 1 saturated carbocycles. The maximum Gasteiger partial charge on any atom is 0.322 e. The zero-order chi connectivity index (χ0) is 70.2. The van der Waals surface area contributed by atoms with E-state index in [4.69, 9.17) is 37.9 Å². The van der Waals surface area contributed by atoms with Crippen molar-refractivity contribution in [1.29, 1.82) is 0 Å². The Kier molecular flexibility index (Phi) is 53.0. The summed E-state index contributed by atoms with van der Waals surface area (Å²) in [6.07, 6.45) is 32.9. The summed E-state index contributed by atoms with van der Waals surface area (Å²) in [5, 5.41) is 47.1. The molecule has 0 amide bonds. The summed E-state index contributed by atoms with van der Waals surface area (Å²) >= 11 is 0. The number of carboxylic acid groups (broad SMARTS) is 5. The Morgan fingerprint density at radius 2 is 0.726 bits per heavy atom. The predicted molar refractivity (Wildman–Crippen MR) is 352 cm³/mol. The molecule has 0 aliphatic heterocycles. The quantitative estimate of drug-likeness (QED) is 0.0215. The van der Waals surface area contributed by atoms with Gasteiger partial charge in [0.1, 0.15) is 32.5 Å². The van der Waals surface area contributed by atoms with Gasteiger partial charge in [-0.05, 0) is 50.4 Å². The van der Waals surface area contributed by atoms with Crippen molar-refractivity contribution >= 4 is 59.7 Å². The lowest BCUT2D eigenvalue weighted by Gasteiger charge is -2.32. The van der Waals surface area contributed by atoms with Crippen molar-refractivity contribution in [3.63, 3.8) is 0 Å². The largest absolute Gasteiger partial charge is 0.480 e. The second kappa shape index (κ2) is 57.5. The normalized spacial score (nSPS) is 14.4. The maximum atomic E-state index is 14.2. The molecule has 1 fully saturated rings. The van der Waals surface area contributed by atoms with Gasteiger partial charge in [0.2, 0.25) is 0 Å². The van der Waals surface area contributed by atoms with E-state index in [-0.39, 0.29) is 90.5 Å². The number of rotatable bonds is 66. The Bertz CT molecular complexity index is 1990. The SMILES string of the molecule is CCCCCCCCCCCCCCCC(=O)OCC(COC(C)=O)(COC(=O)CCCCCCCCCCCCCCC)C(=O)OCC1CCC(COCCOCCOCCOC(=O)CC(C(=O)O)N(CCN(CC(=O)O)CC(=O)O)CCN(CC(=O)O)CC(=O)O)CC1. The summed E-state index contributed by atoms with van der Waals surface area (Å²) in [5.41, 5.74) is -1.77. The average Bonchev–Trinajstić information content (AvgIpc) is 0.899. The van der Waals surface area contributed by atoms with Crippen molar-refractivity contribution in [3.8, 4) is 0 Å². The minimum atomic E-state index is -1.77. The van der Waals surface area contributed by atoms with Gasteiger partial charge in [-0.15, -0.1) is 0 Å². The van der Waals surface area contributed by atoms with Crippen LogP contribution >= 0.6 is 0 Å². The van der Waals surface area contributed by atoms with Gasteiger partial charge in [0.05, 0.1) is 72.2 Å². The van der Waals surface area contributed by atoms with E-state index in [0.717, 1.165) is 74.0 Å². The van der Waals surface area contributed by atoms with E-state index in [1.807, 2.05) is 0 Å². The van der Waals surface area contributed by atoms with E-state index >= 15 is 0 Å². The van der Waals surface area contributed by atoms with Crippen molar-refractivity contribution in [3.05, 3.63) is 0 Å². The van der Waals surface area contributed by atoms with Crippen molar-refractivity contribution in [2.45, 2.75) is 239 Å². The topological polar surface area (TPSA) is 355 Å². The second-order valence-corrected chi connectivity index (χ2v) is 25.5. The van der Waals surface area contributed by atoms with Crippen LogP contribution in [0.3, 0.4) is 0 Å². The zero-order valence-corrected chi connectivity index (χ0v) is 57.9. The van der Waals surface area contributed by atoms with Gasteiger partial charge in [0.25, 0.3) is 0 Å². The van der Waals surface area contributed by atoms with Crippen LogP contribution in [0.2, 0.25) is 0 Å². The zero-order valence-electron chi connectivity index (χ0n) is 57.9. The number of hydrogen-bond acceptors (Lipinski definition) is 21. The summed E-state index contributed by atoms with van der Waals surface area (Å²) in [6.45, 7) is 1.42. The van der Waals surface area contributed by atoms with Crippen LogP contribution in [0.1, 0.15) is 233 Å². The van der Waals surface area contributed by atoms with E-state index in [1.165, 1.54) is 127 Å². The molecule has 1 aliphatic rings. The lowest BCUT2D eigenvalue weighted by atomic mass is 9.83. The fraction of sp³-hybridized carbons (Fsp3) is 0.855. The van der Waals surface area contributed by atoms with Gasteiger partial charge in [-0.25, -0.2) is 0 Å². The molecule has 0 heterocycles. The van der Waals surface area contributed by atoms with Crippen molar-refractivity contribution < 1.29 is 111 Å². The number of esters is 5. The summed E-state index contributed by atoms with van der Waals surface area (Å²) in [7, 11) is 0. The van der Waals surface area contributed by atoms with E-state index in [1.54, 1.807) is 0 Å². The van der Waals surface area contributed by atoms with Gasteiger partial charge < -0.3 is 63.4 Å². The van der Waals surface area contributed by atoms with Crippen molar-refractivity contribution in [2.75, 3.05) is 125 Å². The first-order chi connectivity index (χ1) is 45.7. The van der Waals surface area contributed by atoms with E-state index in [2.05, 4.69) is 13.8 Å². The number of ether oxygens (including phenoxy) is 8. The van der Waals surface area contributed by atoms with E-state index in [9.17, 15) is 73.5 Å². The third-order valence-electron chi connectivity index (χ3n) is 16.9. The number of nitrogens with zero attached hydrogens (tertiary/aromatic N) is 3. The van der Waals surface area contributed by atoms with Crippen molar-refractivity contribution in [2.24, 2.45) is 17.3 Å². The van der Waals surface area contributed by atoms with Crippen LogP contribution < -0.4 is 0 Å². The highest BCUT2D eigenvalue weighted by Gasteiger charge is 2.45. The van der Waals surface area contributed by atoms with Crippen LogP contribution in [0.5, 0.6) is 0 Å². The fourth-order valence-electron chi connectivity index (χ4n) is 11.3. The molecule has 0 bridgehead atoms. The fourth-order valence-corrected chi connectivity index (χ4v) is 11.3. The number of carboxylic acids is 5. The summed E-state index contributed by atoms with van der Waals surface area (Å²) in [5.74, 6) is -9.96. The van der Waals surface area contributed by atoms with Gasteiger partial charge in [-0.3, -0.25) is 62.6 Å². The van der Waals surface area contributed by atoms with Gasteiger partial charge in [0, 0.05) is 52.6 Å². The second-order valence-electron chi connectivity index (χ2n) is 25.5. The summed E-state index contributed by atoms with van der Waals surface area (Å²) in [6, 6.07) is -1.60. The monoisotopic (exact) mass is 1360 g/mol. The number of carbonyl (C=O) groups is 10. The molecule has 0 spiro atoms. The molecule has 26 nitrogen and oxygen atoms in total. The molecule has 0 radical (unpaired) electrons. The Morgan fingerprint density at radius 1 is 0.389 bits per heavy atom. The van der Waals surface area contributed by atoms with Crippen LogP contribution in [0.25, 0.3) is 0 Å².